The van der Waals surface area contributed by atoms with Gasteiger partial charge in [-0.3, -0.25) is 14.3 Å². The van der Waals surface area contributed by atoms with Crippen LogP contribution in [-0.2, 0) is 26.2 Å². The Morgan fingerprint density at radius 2 is 1.74 bits per heavy atom. The van der Waals surface area contributed by atoms with Crippen LogP contribution in [0.15, 0.2) is 84.0 Å². The van der Waals surface area contributed by atoms with Gasteiger partial charge in [0.05, 0.1) is 28.7 Å². The lowest BCUT2D eigenvalue weighted by Gasteiger charge is -2.21. The van der Waals surface area contributed by atoms with Crippen molar-refractivity contribution in [3.8, 4) is 11.5 Å². The zero-order valence-corrected chi connectivity index (χ0v) is 24.4. The number of hydrogen-bond acceptors (Lipinski definition) is 8. The molecule has 3 heterocycles. The van der Waals surface area contributed by atoms with Crippen LogP contribution >= 0.6 is 0 Å². The van der Waals surface area contributed by atoms with Crippen LogP contribution in [0.5, 0.6) is 11.5 Å². The third-order valence-corrected chi connectivity index (χ3v) is 7.99. The fourth-order valence-electron chi connectivity index (χ4n) is 4.43. The minimum absolute atomic E-state index is 0.0382. The lowest BCUT2D eigenvalue weighted by Crippen LogP contribution is -2.35. The first-order chi connectivity index (χ1) is 20.6. The Morgan fingerprint density at radius 3 is 2.44 bits per heavy atom. The second kappa shape index (κ2) is 11.0. The van der Waals surface area contributed by atoms with E-state index < -0.39 is 16.0 Å². The van der Waals surface area contributed by atoms with Gasteiger partial charge < -0.3 is 14.5 Å². The van der Waals surface area contributed by atoms with E-state index in [4.69, 9.17) is 9.02 Å². The van der Waals surface area contributed by atoms with Crippen molar-refractivity contribution in [2.24, 2.45) is 13.0 Å². The van der Waals surface area contributed by atoms with E-state index in [-0.39, 0.29) is 28.1 Å². The number of rotatable bonds is 9. The van der Waals surface area contributed by atoms with E-state index in [0.29, 0.717) is 33.7 Å². The van der Waals surface area contributed by atoms with Gasteiger partial charge in [-0.1, -0.05) is 23.8 Å². The Balaban J connectivity index is 1.29. The monoisotopic (exact) mass is 600 g/mol. The highest BCUT2D eigenvalue weighted by atomic mass is 32.2. The number of aromatic nitrogens is 4. The summed E-state index contributed by atoms with van der Waals surface area (Å²) in [5.41, 5.74) is 2.30. The van der Waals surface area contributed by atoms with Gasteiger partial charge in [0.2, 0.25) is 5.91 Å². The quantitative estimate of drug-likeness (QED) is 0.239. The predicted octanol–water partition coefficient (Wildman–Crippen LogP) is 4.79. The first-order valence-corrected chi connectivity index (χ1v) is 14.9. The molecule has 2 amide bonds. The molecule has 0 aliphatic heterocycles. The predicted molar refractivity (Wildman–Crippen MR) is 157 cm³/mol. The SMILES string of the molecule is Cc1ccc(S(=O)(=O)ON(C(=O)c2cc(C)nn2C)c2cccc(Oc3ccc4nc(NC(=O)C5CC5)cn4c3)c2)cc1. The molecule has 0 saturated heterocycles. The van der Waals surface area contributed by atoms with Gasteiger partial charge in [0.25, 0.3) is 0 Å². The van der Waals surface area contributed by atoms with Gasteiger partial charge in [0, 0.05) is 19.0 Å². The average Bonchev–Trinajstić information content (AvgIpc) is 3.67. The number of anilines is 2. The first-order valence-electron chi connectivity index (χ1n) is 13.5. The fraction of sp³-hybridized carbons (Fsp3) is 0.200. The number of amides is 2. The molecule has 0 atom stereocenters. The molecule has 1 aliphatic carbocycles. The summed E-state index contributed by atoms with van der Waals surface area (Å²) in [6.07, 6.45) is 5.17. The lowest BCUT2D eigenvalue weighted by molar-refractivity contribution is -0.117. The summed E-state index contributed by atoms with van der Waals surface area (Å²) in [5.74, 6) is 0.480. The van der Waals surface area contributed by atoms with Gasteiger partial charge in [0.15, 0.2) is 5.82 Å². The van der Waals surface area contributed by atoms with E-state index in [1.807, 2.05) is 6.92 Å². The maximum Gasteiger partial charge on any atom is 0.318 e. The number of fused-ring (bicyclic) bond motifs is 1. The third kappa shape index (κ3) is 6.12. The summed E-state index contributed by atoms with van der Waals surface area (Å²) in [4.78, 5) is 30.1. The van der Waals surface area contributed by atoms with Crippen molar-refractivity contribution in [3.05, 3.63) is 96.1 Å². The van der Waals surface area contributed by atoms with E-state index in [1.54, 1.807) is 73.2 Å². The van der Waals surface area contributed by atoms with E-state index in [9.17, 15) is 18.0 Å². The van der Waals surface area contributed by atoms with Gasteiger partial charge >= 0.3 is 16.0 Å². The summed E-state index contributed by atoms with van der Waals surface area (Å²) >= 11 is 0. The molecular weight excluding hydrogens is 572 g/mol. The van der Waals surface area contributed by atoms with Gasteiger partial charge in [-0.25, -0.2) is 4.98 Å². The molecule has 13 heteroatoms. The van der Waals surface area contributed by atoms with E-state index in [0.717, 1.165) is 18.4 Å². The molecule has 12 nitrogen and oxygen atoms in total. The largest absolute Gasteiger partial charge is 0.456 e. The number of benzene rings is 2. The molecule has 43 heavy (non-hydrogen) atoms. The Bertz CT molecular complexity index is 1960. The molecule has 2 aromatic carbocycles. The molecule has 220 valence electrons. The second-order valence-electron chi connectivity index (χ2n) is 10.4. The molecular formula is C30H28N6O6S. The fourth-order valence-corrected chi connectivity index (χ4v) is 5.34. The van der Waals surface area contributed by atoms with Crippen LogP contribution in [0.25, 0.3) is 5.65 Å². The molecule has 1 fully saturated rings. The van der Waals surface area contributed by atoms with Gasteiger partial charge in [-0.05, 0) is 69.2 Å². The molecule has 0 radical (unpaired) electrons. The van der Waals surface area contributed by atoms with Crippen LogP contribution < -0.4 is 15.1 Å². The Hall–Kier alpha value is -5.01. The summed E-state index contributed by atoms with van der Waals surface area (Å²) in [6.45, 7) is 3.56. The molecule has 3 aromatic heterocycles. The number of pyridine rings is 1. The zero-order valence-electron chi connectivity index (χ0n) is 23.6. The van der Waals surface area contributed by atoms with Crippen LogP contribution in [-0.4, -0.2) is 39.4 Å². The number of carbonyl (C=O) groups excluding carboxylic acids is 2. The van der Waals surface area contributed by atoms with Gasteiger partial charge in [-0.2, -0.15) is 18.6 Å². The first kappa shape index (κ1) is 28.1. The molecule has 0 unspecified atom stereocenters. The topological polar surface area (TPSA) is 137 Å². The number of ether oxygens (including phenoxy) is 1. The van der Waals surface area contributed by atoms with Gasteiger partial charge in [-0.15, -0.1) is 4.28 Å². The Kier molecular flexibility index (Phi) is 7.20. The number of aryl methyl sites for hydroxylation is 3. The summed E-state index contributed by atoms with van der Waals surface area (Å²) in [7, 11) is -2.81. The number of imidazole rings is 1. The number of hydroxylamine groups is 1. The second-order valence-corrected chi connectivity index (χ2v) is 11.9. The van der Waals surface area contributed by atoms with Crippen LogP contribution in [0, 0.1) is 19.8 Å². The number of carbonyl (C=O) groups is 2. The Labute approximate surface area is 247 Å². The highest BCUT2D eigenvalue weighted by Crippen LogP contribution is 2.31. The number of nitrogens with one attached hydrogen (secondary N) is 1. The van der Waals surface area contributed by atoms with Crippen LogP contribution in [0.4, 0.5) is 11.5 Å². The molecule has 1 aliphatic rings. The summed E-state index contributed by atoms with van der Waals surface area (Å²) < 4.78 is 41.1. The molecule has 1 saturated carbocycles. The standard InChI is InChI=1S/C30H28N6O6S/c1-19-7-12-25(13-8-19)43(39,40)42-36(30(38)26-15-20(2)33-34(26)3)22-5-4-6-23(16-22)41-24-11-14-28-31-27(18-35(28)17-24)32-29(37)21-9-10-21/h4-8,11-18,21H,9-10H2,1-3H3,(H,32,37). The minimum Gasteiger partial charge on any atom is -0.456 e. The Morgan fingerprint density at radius 1 is 0.977 bits per heavy atom. The van der Waals surface area contributed by atoms with Crippen LogP contribution in [0.3, 0.4) is 0 Å². The maximum atomic E-state index is 13.7. The molecule has 5 aromatic rings. The maximum absolute atomic E-state index is 13.7. The molecule has 0 bridgehead atoms. The smallest absolute Gasteiger partial charge is 0.318 e. The van der Waals surface area contributed by atoms with Crippen molar-refractivity contribution in [2.75, 3.05) is 10.4 Å². The minimum atomic E-state index is -4.39. The zero-order chi connectivity index (χ0) is 30.3. The normalized spacial score (nSPS) is 13.2. The van der Waals surface area contributed by atoms with Gasteiger partial charge in [0.1, 0.15) is 22.8 Å². The van der Waals surface area contributed by atoms with Crippen molar-refractivity contribution in [1.29, 1.82) is 0 Å². The average molecular weight is 601 g/mol. The van der Waals surface area contributed by atoms with Crippen molar-refractivity contribution >= 4 is 39.1 Å². The summed E-state index contributed by atoms with van der Waals surface area (Å²) in [5, 5.41) is 7.75. The van der Waals surface area contributed by atoms with Crippen molar-refractivity contribution in [3.63, 3.8) is 0 Å². The van der Waals surface area contributed by atoms with E-state index >= 15 is 0 Å². The van der Waals surface area contributed by atoms with E-state index in [2.05, 4.69) is 15.4 Å². The van der Waals surface area contributed by atoms with Crippen molar-refractivity contribution in [2.45, 2.75) is 31.6 Å². The lowest BCUT2D eigenvalue weighted by atomic mass is 10.2. The van der Waals surface area contributed by atoms with Crippen molar-refractivity contribution in [1.82, 2.24) is 19.2 Å². The molecule has 1 N–H and O–H groups in total. The highest BCUT2D eigenvalue weighted by Gasteiger charge is 2.31. The number of hydrogen-bond donors (Lipinski definition) is 1. The molecule has 6 rings (SSSR count). The van der Waals surface area contributed by atoms with Crippen LogP contribution in [0.2, 0.25) is 0 Å². The molecule has 0 spiro atoms. The van der Waals surface area contributed by atoms with Crippen LogP contribution in [0.1, 0.15) is 34.6 Å². The van der Waals surface area contributed by atoms with Crippen molar-refractivity contribution < 1.29 is 27.0 Å². The third-order valence-electron chi connectivity index (χ3n) is 6.80. The highest BCUT2D eigenvalue weighted by molar-refractivity contribution is 7.86. The van der Waals surface area contributed by atoms with E-state index in [1.165, 1.54) is 28.9 Å². The number of nitrogens with zero attached hydrogens (tertiary/aromatic N) is 5. The summed E-state index contributed by atoms with van der Waals surface area (Å²) in [6, 6.07) is 17.4.